The number of likely N-dealkylation sites (tertiary alicyclic amines) is 1. The Balaban J connectivity index is 1.10. The predicted molar refractivity (Wildman–Crippen MR) is 158 cm³/mol. The van der Waals surface area contributed by atoms with E-state index >= 15 is 0 Å². The second-order valence-corrected chi connectivity index (χ2v) is 12.8. The van der Waals surface area contributed by atoms with Crippen LogP contribution < -0.4 is 0 Å². The zero-order chi connectivity index (χ0) is 28.1. The molecule has 0 aromatic heterocycles. The molecule has 0 amide bonds. The van der Waals surface area contributed by atoms with Gasteiger partial charge in [0.1, 0.15) is 5.82 Å². The first-order chi connectivity index (χ1) is 19.2. The summed E-state index contributed by atoms with van der Waals surface area (Å²) in [5.41, 5.74) is 7.46. The van der Waals surface area contributed by atoms with E-state index in [9.17, 15) is 12.8 Å². The number of hydrogen-bond donors (Lipinski definition) is 1. The van der Waals surface area contributed by atoms with Gasteiger partial charge in [0.2, 0.25) is 0 Å². The van der Waals surface area contributed by atoms with Gasteiger partial charge in [-0.25, -0.2) is 4.39 Å². The van der Waals surface area contributed by atoms with Gasteiger partial charge >= 0.3 is 0 Å². The van der Waals surface area contributed by atoms with E-state index in [0.717, 1.165) is 88.9 Å². The molecule has 2 aliphatic heterocycles. The minimum absolute atomic E-state index is 0.0630. The highest BCUT2D eigenvalue weighted by Gasteiger charge is 2.21. The molecule has 1 N–H and O–H groups in total. The van der Waals surface area contributed by atoms with Crippen LogP contribution >= 0.6 is 0 Å². The average molecular weight is 563 g/mol. The minimum atomic E-state index is -4.15. The van der Waals surface area contributed by atoms with Crippen molar-refractivity contribution in [3.63, 3.8) is 0 Å². The molecule has 2 aliphatic rings. The normalized spacial score (nSPS) is 17.4. The number of nitrogens with zero attached hydrogens (tertiary/aromatic N) is 2. The molecule has 0 radical (unpaired) electrons. The van der Waals surface area contributed by atoms with Crippen molar-refractivity contribution in [3.05, 3.63) is 107 Å². The fourth-order valence-corrected chi connectivity index (χ4v) is 6.49. The summed E-state index contributed by atoms with van der Waals surface area (Å²) in [6.07, 6.45) is 6.66. The molecule has 0 bridgehead atoms. The van der Waals surface area contributed by atoms with E-state index in [2.05, 4.69) is 34.6 Å². The number of fused-ring (bicyclic) bond motifs is 1. The minimum Gasteiger partial charge on any atom is -0.299 e. The molecule has 2 heterocycles. The van der Waals surface area contributed by atoms with Crippen molar-refractivity contribution in [3.8, 4) is 0 Å². The SMILES string of the molecule is C=C(CCC1CCN(Cc2ccc(S(=O)(=O)O)cc2)CC1)c1ccc2c(c1)CN(Cc1ccc(F)cc1)CCC2. The lowest BCUT2D eigenvalue weighted by Gasteiger charge is -2.32. The van der Waals surface area contributed by atoms with E-state index in [1.165, 1.54) is 34.4 Å². The summed E-state index contributed by atoms with van der Waals surface area (Å²) in [5.74, 6) is 0.493. The highest BCUT2D eigenvalue weighted by atomic mass is 32.2. The zero-order valence-electron chi connectivity index (χ0n) is 23.1. The Morgan fingerprint density at radius 3 is 2.20 bits per heavy atom. The van der Waals surface area contributed by atoms with Crippen LogP contribution in [-0.4, -0.2) is 42.4 Å². The molecular formula is C33H39FN2O3S. The fourth-order valence-electron chi connectivity index (χ4n) is 6.01. The molecular weight excluding hydrogens is 523 g/mol. The van der Waals surface area contributed by atoms with E-state index in [1.807, 2.05) is 12.1 Å². The number of rotatable bonds is 9. The summed E-state index contributed by atoms with van der Waals surface area (Å²) in [7, 11) is -4.15. The molecule has 0 unspecified atom stereocenters. The molecule has 40 heavy (non-hydrogen) atoms. The zero-order valence-corrected chi connectivity index (χ0v) is 23.9. The molecule has 1 fully saturated rings. The first-order valence-corrected chi connectivity index (χ1v) is 15.7. The van der Waals surface area contributed by atoms with Crippen molar-refractivity contribution in [2.24, 2.45) is 5.92 Å². The average Bonchev–Trinajstić information content (AvgIpc) is 3.14. The molecule has 0 atom stereocenters. The summed E-state index contributed by atoms with van der Waals surface area (Å²) in [6, 6.07) is 20.2. The fraction of sp³-hybridized carbons (Fsp3) is 0.394. The number of hydrogen-bond acceptors (Lipinski definition) is 4. The first-order valence-electron chi connectivity index (χ1n) is 14.3. The Morgan fingerprint density at radius 2 is 1.52 bits per heavy atom. The maximum Gasteiger partial charge on any atom is 0.294 e. The summed E-state index contributed by atoms with van der Waals surface area (Å²) in [4.78, 5) is 4.81. The monoisotopic (exact) mass is 562 g/mol. The lowest BCUT2D eigenvalue weighted by molar-refractivity contribution is 0.173. The van der Waals surface area contributed by atoms with Crippen LogP contribution in [0.25, 0.3) is 5.57 Å². The highest BCUT2D eigenvalue weighted by molar-refractivity contribution is 7.85. The molecule has 212 valence electrons. The van der Waals surface area contributed by atoms with E-state index in [1.54, 1.807) is 24.3 Å². The van der Waals surface area contributed by atoms with Gasteiger partial charge in [-0.2, -0.15) is 8.42 Å². The number of aryl methyl sites for hydroxylation is 1. The van der Waals surface area contributed by atoms with E-state index in [-0.39, 0.29) is 10.7 Å². The van der Waals surface area contributed by atoms with Crippen molar-refractivity contribution in [2.75, 3.05) is 19.6 Å². The second-order valence-electron chi connectivity index (χ2n) is 11.4. The summed E-state index contributed by atoms with van der Waals surface area (Å²) in [5, 5.41) is 0. The summed E-state index contributed by atoms with van der Waals surface area (Å²) < 4.78 is 45.0. The number of halogens is 1. The Hall–Kier alpha value is -2.84. The van der Waals surface area contributed by atoms with Crippen LogP contribution in [0.1, 0.15) is 59.9 Å². The van der Waals surface area contributed by atoms with Crippen LogP contribution in [0.2, 0.25) is 0 Å². The smallest absolute Gasteiger partial charge is 0.294 e. The predicted octanol–water partition coefficient (Wildman–Crippen LogP) is 6.73. The lowest BCUT2D eigenvalue weighted by Crippen LogP contribution is -2.33. The van der Waals surface area contributed by atoms with Gasteiger partial charge in [0, 0.05) is 19.6 Å². The van der Waals surface area contributed by atoms with Gasteiger partial charge in [-0.15, -0.1) is 0 Å². The molecule has 5 rings (SSSR count). The van der Waals surface area contributed by atoms with E-state index in [4.69, 9.17) is 4.55 Å². The van der Waals surface area contributed by atoms with Crippen LogP contribution in [0.5, 0.6) is 0 Å². The van der Waals surface area contributed by atoms with Crippen LogP contribution in [-0.2, 0) is 36.2 Å². The van der Waals surface area contributed by atoms with Crippen LogP contribution in [0.4, 0.5) is 4.39 Å². The number of benzene rings is 3. The maximum atomic E-state index is 13.3. The Labute approximate surface area is 238 Å². The quantitative estimate of drug-likeness (QED) is 0.293. The van der Waals surface area contributed by atoms with Crippen molar-refractivity contribution < 1.29 is 17.4 Å². The van der Waals surface area contributed by atoms with Gasteiger partial charge in [0.15, 0.2) is 0 Å². The third kappa shape index (κ3) is 7.67. The molecule has 1 saturated heterocycles. The van der Waals surface area contributed by atoms with Gasteiger partial charge in [0.25, 0.3) is 10.1 Å². The highest BCUT2D eigenvalue weighted by Crippen LogP contribution is 2.30. The molecule has 0 spiro atoms. The third-order valence-electron chi connectivity index (χ3n) is 8.44. The molecule has 7 heteroatoms. The van der Waals surface area contributed by atoms with Gasteiger partial charge in [-0.3, -0.25) is 14.4 Å². The van der Waals surface area contributed by atoms with Crippen molar-refractivity contribution in [1.29, 1.82) is 0 Å². The standard InChI is InChI=1S/C33H39FN2O3S/c1-25(4-5-26-16-19-35(20-17-26)22-28-8-14-33(15-9-28)40(37,38)39)30-11-10-29-3-2-18-36(24-31(29)21-30)23-27-6-12-32(34)13-7-27/h6-15,21,26H,1-5,16-20,22-24H2,(H,37,38,39). The van der Waals surface area contributed by atoms with E-state index in [0.29, 0.717) is 5.92 Å². The number of piperidine rings is 1. The first kappa shape index (κ1) is 28.7. The van der Waals surface area contributed by atoms with Gasteiger partial charge in [-0.1, -0.05) is 43.0 Å². The largest absolute Gasteiger partial charge is 0.299 e. The summed E-state index contributed by atoms with van der Waals surface area (Å²) in [6.45, 7) is 10.1. The van der Waals surface area contributed by atoms with Crippen molar-refractivity contribution in [2.45, 2.75) is 63.1 Å². The van der Waals surface area contributed by atoms with Crippen LogP contribution in [0, 0.1) is 11.7 Å². The van der Waals surface area contributed by atoms with Crippen molar-refractivity contribution in [1.82, 2.24) is 9.80 Å². The second kappa shape index (κ2) is 12.8. The Bertz CT molecular complexity index is 1410. The van der Waals surface area contributed by atoms with Crippen LogP contribution in [0.3, 0.4) is 0 Å². The van der Waals surface area contributed by atoms with Crippen LogP contribution in [0.15, 0.2) is 78.2 Å². The Kier molecular flexibility index (Phi) is 9.16. The third-order valence-corrected chi connectivity index (χ3v) is 9.31. The number of allylic oxidation sites excluding steroid dienone is 1. The molecule has 3 aromatic carbocycles. The molecule has 0 aliphatic carbocycles. The van der Waals surface area contributed by atoms with Crippen molar-refractivity contribution >= 4 is 15.7 Å². The van der Waals surface area contributed by atoms with E-state index < -0.39 is 10.1 Å². The molecule has 5 nitrogen and oxygen atoms in total. The molecule has 0 saturated carbocycles. The molecule has 3 aromatic rings. The van der Waals surface area contributed by atoms with Gasteiger partial charge < -0.3 is 0 Å². The Morgan fingerprint density at radius 1 is 0.875 bits per heavy atom. The maximum absolute atomic E-state index is 13.3. The lowest BCUT2D eigenvalue weighted by atomic mass is 9.88. The van der Waals surface area contributed by atoms with Gasteiger partial charge in [0.05, 0.1) is 4.90 Å². The topological polar surface area (TPSA) is 60.9 Å². The van der Waals surface area contributed by atoms with Gasteiger partial charge in [-0.05, 0) is 128 Å². The summed E-state index contributed by atoms with van der Waals surface area (Å²) >= 11 is 0.